The topological polar surface area (TPSA) is 35.5 Å². The van der Waals surface area contributed by atoms with Gasteiger partial charge < -0.3 is 9.47 Å². The Balaban J connectivity index is 2.38. The second-order valence-electron chi connectivity index (χ2n) is 4.75. The van der Waals surface area contributed by atoms with Crippen molar-refractivity contribution >= 4 is 18.6 Å². The average molecular weight is 254 g/mol. The molecule has 1 aromatic rings. The van der Waals surface area contributed by atoms with Gasteiger partial charge in [0.15, 0.2) is 0 Å². The number of ether oxygens (including phenoxy) is 2. The van der Waals surface area contributed by atoms with Crippen LogP contribution in [0.4, 0.5) is 0 Å². The summed E-state index contributed by atoms with van der Waals surface area (Å²) in [5, 5.41) is 0. The molecule has 4 heteroatoms. The summed E-state index contributed by atoms with van der Waals surface area (Å²) in [6.07, 6.45) is 0. The molecule has 3 nitrogen and oxygen atoms in total. The number of hydrogen-bond acceptors (Lipinski definition) is 4. The van der Waals surface area contributed by atoms with E-state index in [0.717, 1.165) is 5.56 Å². The van der Waals surface area contributed by atoms with E-state index in [9.17, 15) is 4.79 Å². The molecule has 0 atom stereocenters. The van der Waals surface area contributed by atoms with Gasteiger partial charge in [-0.3, -0.25) is 4.79 Å². The van der Waals surface area contributed by atoms with E-state index in [1.807, 2.05) is 24.3 Å². The fourth-order valence-electron chi connectivity index (χ4n) is 1.06. The molecule has 0 bridgehead atoms. The van der Waals surface area contributed by atoms with Crippen LogP contribution >= 0.6 is 12.6 Å². The molecule has 0 saturated heterocycles. The molecule has 0 aromatic heterocycles. The molecular weight excluding hydrogens is 236 g/mol. The molecule has 0 heterocycles. The highest BCUT2D eigenvalue weighted by Gasteiger charge is 2.22. The fourth-order valence-corrected chi connectivity index (χ4v) is 1.27. The van der Waals surface area contributed by atoms with Gasteiger partial charge in [-0.2, -0.15) is 12.6 Å². The van der Waals surface area contributed by atoms with Gasteiger partial charge in [0.05, 0.1) is 5.41 Å². The van der Waals surface area contributed by atoms with Crippen LogP contribution in [0.1, 0.15) is 26.3 Å². The first-order valence-electron chi connectivity index (χ1n) is 5.43. The van der Waals surface area contributed by atoms with Gasteiger partial charge in [-0.15, -0.1) is 0 Å². The predicted octanol–water partition coefficient (Wildman–Crippen LogP) is 3.04. The maximum atomic E-state index is 11.4. The van der Waals surface area contributed by atoms with Gasteiger partial charge in [-0.1, -0.05) is 12.1 Å². The van der Waals surface area contributed by atoms with Crippen molar-refractivity contribution < 1.29 is 14.3 Å². The van der Waals surface area contributed by atoms with Crippen molar-refractivity contribution in [2.45, 2.75) is 26.5 Å². The molecule has 0 unspecified atom stereocenters. The largest absolute Gasteiger partial charge is 0.457 e. The zero-order valence-corrected chi connectivity index (χ0v) is 11.3. The number of benzene rings is 1. The minimum absolute atomic E-state index is 0.0592. The Kier molecular flexibility index (Phi) is 4.87. The maximum absolute atomic E-state index is 11.4. The molecule has 0 spiro atoms. The van der Waals surface area contributed by atoms with E-state index >= 15 is 0 Å². The van der Waals surface area contributed by atoms with Gasteiger partial charge in [0.2, 0.25) is 6.79 Å². The van der Waals surface area contributed by atoms with Gasteiger partial charge in [0.1, 0.15) is 5.75 Å². The van der Waals surface area contributed by atoms with Crippen molar-refractivity contribution in [1.29, 1.82) is 0 Å². The summed E-state index contributed by atoms with van der Waals surface area (Å²) in [7, 11) is 0. The van der Waals surface area contributed by atoms with E-state index < -0.39 is 5.41 Å². The third kappa shape index (κ3) is 4.69. The molecule has 0 amide bonds. The molecule has 0 saturated carbocycles. The molecule has 1 aromatic carbocycles. The van der Waals surface area contributed by atoms with Crippen molar-refractivity contribution in [3.63, 3.8) is 0 Å². The first-order chi connectivity index (χ1) is 7.93. The van der Waals surface area contributed by atoms with Gasteiger partial charge >= 0.3 is 5.97 Å². The summed E-state index contributed by atoms with van der Waals surface area (Å²) in [6.45, 7) is 5.35. The van der Waals surface area contributed by atoms with E-state index in [2.05, 4.69) is 12.6 Å². The average Bonchev–Trinajstić information content (AvgIpc) is 2.28. The Morgan fingerprint density at radius 3 is 2.29 bits per heavy atom. The van der Waals surface area contributed by atoms with Crippen LogP contribution in [-0.2, 0) is 15.3 Å². The zero-order chi connectivity index (χ0) is 12.9. The first kappa shape index (κ1) is 13.9. The van der Waals surface area contributed by atoms with Crippen molar-refractivity contribution in [2.24, 2.45) is 5.41 Å². The number of rotatable bonds is 4. The first-order valence-corrected chi connectivity index (χ1v) is 6.06. The molecular formula is C13H18O3S. The standard InChI is InChI=1S/C13H18O3S/c1-13(2,3)12(14)16-9-15-11-6-4-10(8-17)5-7-11/h4-7,17H,8-9H2,1-3H3. The molecule has 0 aliphatic carbocycles. The highest BCUT2D eigenvalue weighted by molar-refractivity contribution is 7.79. The predicted molar refractivity (Wildman–Crippen MR) is 70.2 cm³/mol. The van der Waals surface area contributed by atoms with E-state index in [0.29, 0.717) is 11.5 Å². The number of thiol groups is 1. The van der Waals surface area contributed by atoms with Crippen molar-refractivity contribution in [2.75, 3.05) is 6.79 Å². The Hall–Kier alpha value is -1.16. The Morgan fingerprint density at radius 2 is 1.82 bits per heavy atom. The lowest BCUT2D eigenvalue weighted by Gasteiger charge is -2.16. The molecule has 0 aliphatic rings. The summed E-state index contributed by atoms with van der Waals surface area (Å²) in [4.78, 5) is 11.4. The van der Waals surface area contributed by atoms with Gasteiger partial charge in [-0.05, 0) is 38.5 Å². The molecule has 0 N–H and O–H groups in total. The second kappa shape index (κ2) is 5.96. The van der Waals surface area contributed by atoms with Crippen LogP contribution in [0, 0.1) is 5.41 Å². The van der Waals surface area contributed by atoms with E-state index in [4.69, 9.17) is 9.47 Å². The van der Waals surface area contributed by atoms with Crippen molar-refractivity contribution in [3.8, 4) is 5.75 Å². The van der Waals surface area contributed by atoms with Crippen LogP contribution in [-0.4, -0.2) is 12.8 Å². The quantitative estimate of drug-likeness (QED) is 0.509. The van der Waals surface area contributed by atoms with Crippen LogP contribution in [0.15, 0.2) is 24.3 Å². The summed E-state index contributed by atoms with van der Waals surface area (Å²) < 4.78 is 10.3. The van der Waals surface area contributed by atoms with Crippen LogP contribution in [0.25, 0.3) is 0 Å². The summed E-state index contributed by atoms with van der Waals surface area (Å²) in [5.74, 6) is 1.10. The molecule has 0 radical (unpaired) electrons. The summed E-state index contributed by atoms with van der Waals surface area (Å²) in [6, 6.07) is 7.51. The van der Waals surface area contributed by atoms with Crippen molar-refractivity contribution in [3.05, 3.63) is 29.8 Å². The SMILES string of the molecule is CC(C)(C)C(=O)OCOc1ccc(CS)cc1. The summed E-state index contributed by atoms with van der Waals surface area (Å²) >= 11 is 4.16. The zero-order valence-electron chi connectivity index (χ0n) is 10.4. The monoisotopic (exact) mass is 254 g/mol. The van der Waals surface area contributed by atoms with Crippen molar-refractivity contribution in [1.82, 2.24) is 0 Å². The molecule has 1 rings (SSSR count). The number of esters is 1. The van der Waals surface area contributed by atoms with Crippen LogP contribution in [0.3, 0.4) is 0 Å². The maximum Gasteiger partial charge on any atom is 0.314 e. The highest BCUT2D eigenvalue weighted by atomic mass is 32.1. The van der Waals surface area contributed by atoms with Gasteiger partial charge in [0.25, 0.3) is 0 Å². The third-order valence-electron chi connectivity index (χ3n) is 2.13. The van der Waals surface area contributed by atoms with Crippen LogP contribution in [0.2, 0.25) is 0 Å². The smallest absolute Gasteiger partial charge is 0.314 e. The molecule has 17 heavy (non-hydrogen) atoms. The number of carbonyl (C=O) groups is 1. The molecule has 0 fully saturated rings. The van der Waals surface area contributed by atoms with Gasteiger partial charge in [-0.25, -0.2) is 0 Å². The van der Waals surface area contributed by atoms with Gasteiger partial charge in [0, 0.05) is 5.75 Å². The Morgan fingerprint density at radius 1 is 1.24 bits per heavy atom. The second-order valence-corrected chi connectivity index (χ2v) is 5.06. The summed E-state index contributed by atoms with van der Waals surface area (Å²) in [5.41, 5.74) is 0.617. The third-order valence-corrected chi connectivity index (χ3v) is 2.50. The minimum Gasteiger partial charge on any atom is -0.457 e. The number of hydrogen-bond donors (Lipinski definition) is 1. The van der Waals surface area contributed by atoms with Crippen LogP contribution in [0.5, 0.6) is 5.75 Å². The Labute approximate surface area is 108 Å². The van der Waals surface area contributed by atoms with E-state index in [1.165, 1.54) is 0 Å². The molecule has 94 valence electrons. The lowest BCUT2D eigenvalue weighted by atomic mass is 9.98. The molecule has 0 aliphatic heterocycles. The lowest BCUT2D eigenvalue weighted by molar-refractivity contribution is -0.159. The van der Waals surface area contributed by atoms with Crippen LogP contribution < -0.4 is 4.74 Å². The normalized spacial score (nSPS) is 11.1. The fraction of sp³-hybridized carbons (Fsp3) is 0.462. The lowest BCUT2D eigenvalue weighted by Crippen LogP contribution is -2.24. The van der Waals surface area contributed by atoms with E-state index in [-0.39, 0.29) is 12.8 Å². The highest BCUT2D eigenvalue weighted by Crippen LogP contribution is 2.16. The number of carbonyl (C=O) groups excluding carboxylic acids is 1. The van der Waals surface area contributed by atoms with E-state index in [1.54, 1.807) is 20.8 Å². The minimum atomic E-state index is -0.501. The Bertz CT molecular complexity index is 365.